The summed E-state index contributed by atoms with van der Waals surface area (Å²) in [6.45, 7) is 7.76. The number of aryl methyl sites for hydroxylation is 2. The maximum Gasteiger partial charge on any atom is 0.340 e. The number of nitrogens with two attached hydrogens (primary N) is 1. The van der Waals surface area contributed by atoms with Gasteiger partial charge in [0.25, 0.3) is 5.70 Å². The standard InChI is InChI=1S/C27H30ClN3O5/c1-15(2)11-22-21(13-29)25(18-7-5-16(3)6-8-18)24(17(4)30-22)27(33)36-14-20-10-9-19(26(28)32)12-23(20)31(34)35/h5-10,15,19H,11-14,29H2,1-4H3. The molecule has 2 N–H and O–H groups in total. The Morgan fingerprint density at radius 2 is 1.92 bits per heavy atom. The molecule has 8 nitrogen and oxygen atoms in total. The maximum absolute atomic E-state index is 13.4. The number of allylic oxidation sites excluding steroid dienone is 2. The van der Waals surface area contributed by atoms with E-state index >= 15 is 0 Å². The van der Waals surface area contributed by atoms with Crippen LogP contribution in [0.15, 0.2) is 47.7 Å². The first kappa shape index (κ1) is 27.2. The zero-order chi connectivity index (χ0) is 26.6. The molecule has 36 heavy (non-hydrogen) atoms. The average Bonchev–Trinajstić information content (AvgIpc) is 2.82. The van der Waals surface area contributed by atoms with Crippen LogP contribution in [0.25, 0.3) is 11.1 Å². The second-order valence-electron chi connectivity index (χ2n) is 9.32. The van der Waals surface area contributed by atoms with Crippen molar-refractivity contribution in [2.24, 2.45) is 17.6 Å². The van der Waals surface area contributed by atoms with E-state index in [4.69, 9.17) is 27.1 Å². The fourth-order valence-corrected chi connectivity index (χ4v) is 4.45. The maximum atomic E-state index is 13.4. The van der Waals surface area contributed by atoms with Gasteiger partial charge in [-0.3, -0.25) is 19.9 Å². The molecule has 1 aromatic heterocycles. The topological polar surface area (TPSA) is 125 Å². The van der Waals surface area contributed by atoms with Gasteiger partial charge in [0.15, 0.2) is 0 Å². The highest BCUT2D eigenvalue weighted by molar-refractivity contribution is 6.64. The van der Waals surface area contributed by atoms with Crippen molar-refractivity contribution >= 4 is 22.8 Å². The summed E-state index contributed by atoms with van der Waals surface area (Å²) in [5.74, 6) is -1.10. The van der Waals surface area contributed by atoms with Gasteiger partial charge in [0.2, 0.25) is 5.24 Å². The van der Waals surface area contributed by atoms with E-state index in [2.05, 4.69) is 13.8 Å². The first-order valence-electron chi connectivity index (χ1n) is 11.7. The SMILES string of the molecule is Cc1ccc(-c2c(CN)c(CC(C)C)nc(C)c2C(=O)OCC2=C([N+](=O)[O-])CC(C(=O)Cl)C=C2)cc1. The highest BCUT2D eigenvalue weighted by Crippen LogP contribution is 2.33. The largest absolute Gasteiger partial charge is 0.457 e. The Labute approximate surface area is 215 Å². The highest BCUT2D eigenvalue weighted by atomic mass is 35.5. The molecule has 0 radical (unpaired) electrons. The van der Waals surface area contributed by atoms with Gasteiger partial charge >= 0.3 is 5.97 Å². The van der Waals surface area contributed by atoms with Gasteiger partial charge in [-0.2, -0.15) is 0 Å². The van der Waals surface area contributed by atoms with Gasteiger partial charge in [0.05, 0.1) is 34.1 Å². The lowest BCUT2D eigenvalue weighted by Crippen LogP contribution is -2.20. The van der Waals surface area contributed by atoms with Gasteiger partial charge in [-0.25, -0.2) is 4.79 Å². The summed E-state index contributed by atoms with van der Waals surface area (Å²) in [7, 11) is 0. The number of hydrogen-bond acceptors (Lipinski definition) is 7. The highest BCUT2D eigenvalue weighted by Gasteiger charge is 2.30. The predicted octanol–water partition coefficient (Wildman–Crippen LogP) is 5.05. The van der Waals surface area contributed by atoms with Crippen LogP contribution < -0.4 is 5.73 Å². The number of carbonyl (C=O) groups is 2. The van der Waals surface area contributed by atoms with Crippen LogP contribution in [-0.4, -0.2) is 27.7 Å². The first-order chi connectivity index (χ1) is 17.0. The molecule has 0 bridgehead atoms. The number of pyridine rings is 1. The summed E-state index contributed by atoms with van der Waals surface area (Å²) in [5, 5.41) is 10.9. The Morgan fingerprint density at radius 1 is 1.25 bits per heavy atom. The van der Waals surface area contributed by atoms with Crippen molar-refractivity contribution in [1.29, 1.82) is 0 Å². The number of nitrogens with zero attached hydrogens (tertiary/aromatic N) is 2. The molecule has 190 valence electrons. The Hall–Kier alpha value is -3.36. The predicted molar refractivity (Wildman–Crippen MR) is 138 cm³/mol. The van der Waals surface area contributed by atoms with Crippen LogP contribution in [0.3, 0.4) is 0 Å². The molecular formula is C27H30ClN3O5. The van der Waals surface area contributed by atoms with Crippen LogP contribution in [0.1, 0.15) is 53.1 Å². The van der Waals surface area contributed by atoms with Crippen molar-refractivity contribution in [3.05, 3.63) is 85.9 Å². The van der Waals surface area contributed by atoms with Crippen LogP contribution in [0.4, 0.5) is 0 Å². The number of halogens is 1. The minimum atomic E-state index is -0.785. The van der Waals surface area contributed by atoms with E-state index in [1.807, 2.05) is 31.2 Å². The third kappa shape index (κ3) is 6.06. The van der Waals surface area contributed by atoms with Crippen molar-refractivity contribution in [2.45, 2.75) is 47.1 Å². The summed E-state index contributed by atoms with van der Waals surface area (Å²) >= 11 is 5.52. The van der Waals surface area contributed by atoms with E-state index in [-0.39, 0.29) is 36.4 Å². The second-order valence-corrected chi connectivity index (χ2v) is 9.69. The molecule has 0 aliphatic heterocycles. The fourth-order valence-electron chi connectivity index (χ4n) is 4.30. The first-order valence-corrected chi connectivity index (χ1v) is 12.1. The third-order valence-electron chi connectivity index (χ3n) is 6.10. The second kappa shape index (κ2) is 11.6. The number of nitro groups is 1. The monoisotopic (exact) mass is 511 g/mol. The Kier molecular flexibility index (Phi) is 8.76. The van der Waals surface area contributed by atoms with Gasteiger partial charge in [0.1, 0.15) is 6.61 Å². The molecule has 1 aliphatic rings. The number of hydrogen-bond donors (Lipinski definition) is 1. The molecule has 1 atom stereocenters. The molecular weight excluding hydrogens is 482 g/mol. The third-order valence-corrected chi connectivity index (χ3v) is 6.38. The van der Waals surface area contributed by atoms with E-state index in [1.54, 1.807) is 6.92 Å². The molecule has 0 spiro atoms. The number of benzene rings is 1. The molecule has 9 heteroatoms. The van der Waals surface area contributed by atoms with Crippen LogP contribution in [0.5, 0.6) is 0 Å². The number of rotatable bonds is 9. The van der Waals surface area contributed by atoms with Gasteiger partial charge in [-0.15, -0.1) is 0 Å². The van der Waals surface area contributed by atoms with Gasteiger partial charge in [-0.05, 0) is 48.9 Å². The molecule has 1 unspecified atom stereocenters. The molecule has 1 aromatic carbocycles. The number of ether oxygens (including phenoxy) is 1. The minimum absolute atomic E-state index is 0.158. The number of esters is 1. The van der Waals surface area contributed by atoms with E-state index in [9.17, 15) is 19.7 Å². The lowest BCUT2D eigenvalue weighted by atomic mass is 9.89. The Bertz CT molecular complexity index is 1250. The van der Waals surface area contributed by atoms with Crippen molar-refractivity contribution in [3.8, 4) is 11.1 Å². The lowest BCUT2D eigenvalue weighted by molar-refractivity contribution is -0.429. The zero-order valence-electron chi connectivity index (χ0n) is 20.8. The normalized spacial score (nSPS) is 15.4. The number of aromatic nitrogens is 1. The summed E-state index contributed by atoms with van der Waals surface area (Å²) in [5.41, 5.74) is 11.1. The van der Waals surface area contributed by atoms with Gasteiger partial charge in [-0.1, -0.05) is 55.8 Å². The molecule has 2 aromatic rings. The van der Waals surface area contributed by atoms with E-state index in [0.29, 0.717) is 23.6 Å². The Balaban J connectivity index is 2.04. The van der Waals surface area contributed by atoms with Crippen LogP contribution >= 0.6 is 11.6 Å². The molecule has 3 rings (SSSR count). The van der Waals surface area contributed by atoms with Crippen molar-refractivity contribution in [3.63, 3.8) is 0 Å². The van der Waals surface area contributed by atoms with E-state index in [1.165, 1.54) is 12.2 Å². The van der Waals surface area contributed by atoms with E-state index in [0.717, 1.165) is 22.4 Å². The smallest absolute Gasteiger partial charge is 0.340 e. The summed E-state index contributed by atoms with van der Waals surface area (Å²) in [4.78, 5) is 40.6. The summed E-state index contributed by atoms with van der Waals surface area (Å²) in [6, 6.07) is 7.77. The quantitative estimate of drug-likeness (QED) is 0.216. The number of carbonyl (C=O) groups excluding carboxylic acids is 2. The van der Waals surface area contributed by atoms with Crippen molar-refractivity contribution in [2.75, 3.05) is 6.61 Å². The summed E-state index contributed by atoms with van der Waals surface area (Å²) in [6.07, 6.45) is 3.45. The van der Waals surface area contributed by atoms with Gasteiger partial charge in [0, 0.05) is 17.8 Å². The molecule has 1 aliphatic carbocycles. The Morgan fingerprint density at radius 3 is 2.47 bits per heavy atom. The van der Waals surface area contributed by atoms with Crippen molar-refractivity contribution in [1.82, 2.24) is 4.98 Å². The van der Waals surface area contributed by atoms with Gasteiger partial charge < -0.3 is 10.5 Å². The molecule has 0 saturated carbocycles. The summed E-state index contributed by atoms with van der Waals surface area (Å²) < 4.78 is 5.58. The van der Waals surface area contributed by atoms with Crippen LogP contribution in [0.2, 0.25) is 0 Å². The van der Waals surface area contributed by atoms with Crippen LogP contribution in [0, 0.1) is 35.8 Å². The molecule has 0 amide bonds. The molecule has 0 fully saturated rings. The minimum Gasteiger partial charge on any atom is -0.457 e. The lowest BCUT2D eigenvalue weighted by Gasteiger charge is -2.21. The van der Waals surface area contributed by atoms with Crippen LogP contribution in [-0.2, 0) is 22.5 Å². The zero-order valence-corrected chi connectivity index (χ0v) is 21.6. The van der Waals surface area contributed by atoms with E-state index < -0.39 is 22.1 Å². The fraction of sp³-hybridized carbons (Fsp3) is 0.370. The average molecular weight is 512 g/mol. The van der Waals surface area contributed by atoms with Crippen molar-refractivity contribution < 1.29 is 19.2 Å². The molecule has 0 saturated heterocycles. The molecule has 1 heterocycles.